The Balaban J connectivity index is 1.64. The van der Waals surface area contributed by atoms with E-state index in [-0.39, 0.29) is 0 Å². The summed E-state index contributed by atoms with van der Waals surface area (Å²) in [7, 11) is 0. The molecule has 6 rings (SSSR count). The van der Waals surface area contributed by atoms with Gasteiger partial charge in [-0.3, -0.25) is 0 Å². The van der Waals surface area contributed by atoms with E-state index in [1.165, 1.54) is 49.8 Å². The van der Waals surface area contributed by atoms with E-state index in [1.807, 2.05) is 0 Å². The maximum absolute atomic E-state index is 3.58. The first-order valence-corrected chi connectivity index (χ1v) is 11.8. The molecule has 2 heteroatoms. The van der Waals surface area contributed by atoms with Gasteiger partial charge in [0.2, 0.25) is 0 Å². The molecule has 0 amide bonds. The van der Waals surface area contributed by atoms with Crippen molar-refractivity contribution in [3.05, 3.63) is 119 Å². The Bertz CT molecular complexity index is 1500. The van der Waals surface area contributed by atoms with Crippen LogP contribution >= 0.6 is 15.9 Å². The number of benzene rings is 4. The van der Waals surface area contributed by atoms with Crippen LogP contribution in [0.25, 0.3) is 44.2 Å². The first-order chi connectivity index (χ1) is 15.8. The molecule has 1 aliphatic rings. The zero-order valence-corrected chi connectivity index (χ0v) is 19.2. The minimum absolute atomic E-state index is 1.09. The van der Waals surface area contributed by atoms with Crippen LogP contribution < -0.4 is 0 Å². The first-order valence-electron chi connectivity index (χ1n) is 11.0. The summed E-state index contributed by atoms with van der Waals surface area (Å²) in [5.74, 6) is 0. The number of hydrogen-bond acceptors (Lipinski definition) is 0. The summed E-state index contributed by atoms with van der Waals surface area (Å²) in [6.45, 7) is 0. The van der Waals surface area contributed by atoms with E-state index in [9.17, 15) is 0 Å². The molecular weight excluding hydrogens is 454 g/mol. The Morgan fingerprint density at radius 1 is 0.625 bits per heavy atom. The van der Waals surface area contributed by atoms with E-state index < -0.39 is 0 Å². The second kappa shape index (κ2) is 7.96. The van der Waals surface area contributed by atoms with Crippen LogP contribution in [0.1, 0.15) is 18.4 Å². The lowest BCUT2D eigenvalue weighted by Crippen LogP contribution is -1.93. The van der Waals surface area contributed by atoms with Crippen molar-refractivity contribution < 1.29 is 0 Å². The molecule has 0 unspecified atom stereocenters. The van der Waals surface area contributed by atoms with Gasteiger partial charge in [0.05, 0.1) is 11.0 Å². The summed E-state index contributed by atoms with van der Waals surface area (Å²) in [5, 5.41) is 2.57. The van der Waals surface area contributed by atoms with E-state index in [4.69, 9.17) is 0 Å². The van der Waals surface area contributed by atoms with Crippen LogP contribution in [0.2, 0.25) is 0 Å². The first kappa shape index (κ1) is 19.3. The molecule has 0 N–H and O–H groups in total. The van der Waals surface area contributed by atoms with Crippen LogP contribution in [0.3, 0.4) is 0 Å². The van der Waals surface area contributed by atoms with Crippen molar-refractivity contribution in [2.75, 3.05) is 0 Å². The number of fused-ring (bicyclic) bond motifs is 3. The average molecular weight is 476 g/mol. The van der Waals surface area contributed by atoms with Crippen LogP contribution in [0, 0.1) is 0 Å². The molecular formula is C30H22BrN. The molecule has 1 aliphatic carbocycles. The molecule has 0 radical (unpaired) electrons. The van der Waals surface area contributed by atoms with E-state index in [0.717, 1.165) is 17.3 Å². The molecule has 4 aromatic carbocycles. The van der Waals surface area contributed by atoms with Gasteiger partial charge in [-0.2, -0.15) is 0 Å². The minimum atomic E-state index is 1.09. The zero-order valence-electron chi connectivity index (χ0n) is 17.6. The summed E-state index contributed by atoms with van der Waals surface area (Å²) < 4.78 is 3.47. The van der Waals surface area contributed by atoms with Gasteiger partial charge in [-0.25, -0.2) is 0 Å². The molecule has 0 aliphatic heterocycles. The third-order valence-corrected chi connectivity index (χ3v) is 6.81. The number of halogens is 1. The maximum Gasteiger partial charge on any atom is 0.0541 e. The summed E-state index contributed by atoms with van der Waals surface area (Å²) in [5.41, 5.74) is 8.73. The molecule has 0 saturated heterocycles. The second-order valence-electron chi connectivity index (χ2n) is 8.28. The maximum atomic E-state index is 3.58. The molecule has 1 heterocycles. The summed E-state index contributed by atoms with van der Waals surface area (Å²) in [4.78, 5) is 0. The van der Waals surface area contributed by atoms with Crippen molar-refractivity contribution in [3.8, 4) is 16.8 Å². The molecule has 1 nitrogen and oxygen atoms in total. The monoisotopic (exact) mass is 475 g/mol. The lowest BCUT2D eigenvalue weighted by atomic mass is 9.97. The van der Waals surface area contributed by atoms with Crippen molar-refractivity contribution in [2.45, 2.75) is 12.8 Å². The Labute approximate surface area is 196 Å². The number of rotatable bonds is 3. The molecule has 154 valence electrons. The quantitative estimate of drug-likeness (QED) is 0.245. The van der Waals surface area contributed by atoms with Crippen LogP contribution in [-0.2, 0) is 0 Å². The standard InChI is InChI=1S/C30H22BrN/c31-25-13-15-26(16-14-25)32-29-17-11-23(21-7-3-1-4-8-21)19-27(29)28-20-24(12-18-30(28)32)22-9-5-2-6-10-22/h1,3-5,7-20H,2,6H2. The van der Waals surface area contributed by atoms with Gasteiger partial charge in [0.15, 0.2) is 0 Å². The average Bonchev–Trinajstić information content (AvgIpc) is 3.19. The van der Waals surface area contributed by atoms with Crippen molar-refractivity contribution in [1.29, 1.82) is 0 Å². The van der Waals surface area contributed by atoms with E-state index in [1.54, 1.807) is 0 Å². The van der Waals surface area contributed by atoms with E-state index in [2.05, 4.69) is 130 Å². The number of nitrogens with zero attached hydrogens (tertiary/aromatic N) is 1. The van der Waals surface area contributed by atoms with Crippen LogP contribution in [0.5, 0.6) is 0 Å². The van der Waals surface area contributed by atoms with Crippen molar-refractivity contribution >= 4 is 43.3 Å². The second-order valence-corrected chi connectivity index (χ2v) is 9.20. The predicted molar refractivity (Wildman–Crippen MR) is 140 cm³/mol. The largest absolute Gasteiger partial charge is 0.309 e. The van der Waals surface area contributed by atoms with Crippen molar-refractivity contribution in [1.82, 2.24) is 4.57 Å². The molecule has 0 atom stereocenters. The van der Waals surface area contributed by atoms with Gasteiger partial charge in [0.25, 0.3) is 0 Å². The minimum Gasteiger partial charge on any atom is -0.309 e. The molecule has 5 aromatic rings. The van der Waals surface area contributed by atoms with Crippen LogP contribution in [-0.4, -0.2) is 4.57 Å². The van der Waals surface area contributed by atoms with Gasteiger partial charge in [-0.15, -0.1) is 0 Å². The smallest absolute Gasteiger partial charge is 0.0541 e. The van der Waals surface area contributed by atoms with E-state index in [0.29, 0.717) is 0 Å². The SMILES string of the molecule is Brc1ccc(-n2c3ccc(C4=CCCC=C4)cc3c3cc(-c4ccccc4)ccc32)cc1. The Hall–Kier alpha value is -3.36. The van der Waals surface area contributed by atoms with Crippen LogP contribution in [0.4, 0.5) is 0 Å². The third kappa shape index (κ3) is 3.32. The highest BCUT2D eigenvalue weighted by Crippen LogP contribution is 2.37. The van der Waals surface area contributed by atoms with Gasteiger partial charge >= 0.3 is 0 Å². The molecule has 0 saturated carbocycles. The van der Waals surface area contributed by atoms with Crippen molar-refractivity contribution in [2.24, 2.45) is 0 Å². The molecule has 0 bridgehead atoms. The zero-order chi connectivity index (χ0) is 21.5. The molecule has 0 fully saturated rings. The fourth-order valence-corrected chi connectivity index (χ4v) is 4.97. The van der Waals surface area contributed by atoms with Gasteiger partial charge in [-0.05, 0) is 83.6 Å². The highest BCUT2D eigenvalue weighted by atomic mass is 79.9. The third-order valence-electron chi connectivity index (χ3n) is 6.29. The molecule has 0 spiro atoms. The van der Waals surface area contributed by atoms with Crippen molar-refractivity contribution in [3.63, 3.8) is 0 Å². The summed E-state index contributed by atoms with van der Waals surface area (Å²) in [6.07, 6.45) is 9.13. The lowest BCUT2D eigenvalue weighted by molar-refractivity contribution is 1.04. The fraction of sp³-hybridized carbons (Fsp3) is 0.0667. The highest BCUT2D eigenvalue weighted by Gasteiger charge is 2.15. The Kier molecular flexibility index (Phi) is 4.81. The fourth-order valence-electron chi connectivity index (χ4n) is 4.71. The lowest BCUT2D eigenvalue weighted by Gasteiger charge is -2.10. The Morgan fingerprint density at radius 3 is 2.00 bits per heavy atom. The summed E-state index contributed by atoms with van der Waals surface area (Å²) in [6, 6.07) is 32.9. The van der Waals surface area contributed by atoms with Gasteiger partial charge in [0, 0.05) is 20.9 Å². The Morgan fingerprint density at radius 2 is 1.31 bits per heavy atom. The predicted octanol–water partition coefficient (Wildman–Crippen LogP) is 8.95. The van der Waals surface area contributed by atoms with E-state index >= 15 is 0 Å². The van der Waals surface area contributed by atoms with Gasteiger partial charge in [-0.1, -0.05) is 76.6 Å². The van der Waals surface area contributed by atoms with Gasteiger partial charge < -0.3 is 4.57 Å². The van der Waals surface area contributed by atoms with Gasteiger partial charge in [0.1, 0.15) is 0 Å². The summed E-state index contributed by atoms with van der Waals surface area (Å²) >= 11 is 3.58. The number of aromatic nitrogens is 1. The normalized spacial score (nSPS) is 13.6. The molecule has 1 aromatic heterocycles. The topological polar surface area (TPSA) is 4.93 Å². The number of hydrogen-bond donors (Lipinski definition) is 0. The van der Waals surface area contributed by atoms with Crippen LogP contribution in [0.15, 0.2) is 114 Å². The number of allylic oxidation sites excluding steroid dienone is 4. The highest BCUT2D eigenvalue weighted by molar-refractivity contribution is 9.10. The molecule has 32 heavy (non-hydrogen) atoms.